The molecule has 1 aromatic carbocycles. The average molecular weight is 258 g/mol. The molecule has 1 heterocycles. The van der Waals surface area contributed by atoms with E-state index in [1.54, 1.807) is 36.7 Å². The number of nitrogens with one attached hydrogen (secondary N) is 1. The number of nitrogens with zero attached hydrogens (tertiary/aromatic N) is 1. The molecule has 1 saturated carbocycles. The van der Waals surface area contributed by atoms with E-state index in [-0.39, 0.29) is 11.6 Å². The molecule has 0 amide bonds. The summed E-state index contributed by atoms with van der Waals surface area (Å²) >= 11 is 0. The Kier molecular flexibility index (Phi) is 3.42. The number of hydrogen-bond donors (Lipinski definition) is 1. The fraction of sp³-hybridized carbons (Fsp3) is 0.267. The molecule has 1 N–H and O–H groups in total. The predicted octanol–water partition coefficient (Wildman–Crippen LogP) is 3.27. The highest BCUT2D eigenvalue weighted by Gasteiger charge is 2.20. The number of halogens is 1. The van der Waals surface area contributed by atoms with Gasteiger partial charge >= 0.3 is 0 Å². The van der Waals surface area contributed by atoms with Crippen LogP contribution in [0.3, 0.4) is 0 Å². The van der Waals surface area contributed by atoms with Gasteiger partial charge in [-0.25, -0.2) is 4.39 Å². The molecule has 0 unspecified atom stereocenters. The Morgan fingerprint density at radius 2 is 2.05 bits per heavy atom. The van der Waals surface area contributed by atoms with Crippen LogP contribution in [0.4, 0.5) is 4.39 Å². The Bertz CT molecular complexity index is 570. The zero-order valence-electron chi connectivity index (χ0n) is 10.5. The molecule has 1 aromatic heterocycles. The summed E-state index contributed by atoms with van der Waals surface area (Å²) in [6.07, 6.45) is 5.86. The molecular formula is C15H15FN2O. The number of rotatable bonds is 5. The van der Waals surface area contributed by atoms with Crippen molar-refractivity contribution in [1.29, 1.82) is 0 Å². The molecule has 19 heavy (non-hydrogen) atoms. The first-order valence-electron chi connectivity index (χ1n) is 6.41. The summed E-state index contributed by atoms with van der Waals surface area (Å²) in [4.78, 5) is 4.09. The number of para-hydroxylation sites is 1. The van der Waals surface area contributed by atoms with E-state index in [2.05, 4.69) is 10.3 Å². The van der Waals surface area contributed by atoms with Crippen molar-refractivity contribution >= 4 is 0 Å². The van der Waals surface area contributed by atoms with E-state index < -0.39 is 0 Å². The highest BCUT2D eigenvalue weighted by Crippen LogP contribution is 2.27. The Morgan fingerprint density at radius 1 is 1.21 bits per heavy atom. The summed E-state index contributed by atoms with van der Waals surface area (Å²) in [6.45, 7) is 0.697. The van der Waals surface area contributed by atoms with Crippen molar-refractivity contribution in [2.45, 2.75) is 25.4 Å². The van der Waals surface area contributed by atoms with Crippen molar-refractivity contribution in [2.24, 2.45) is 0 Å². The Hall–Kier alpha value is -1.94. The molecule has 0 spiro atoms. The third-order valence-electron chi connectivity index (χ3n) is 3.07. The highest BCUT2D eigenvalue weighted by atomic mass is 19.1. The van der Waals surface area contributed by atoms with E-state index in [1.165, 1.54) is 18.9 Å². The van der Waals surface area contributed by atoms with Crippen LogP contribution in [0.5, 0.6) is 11.5 Å². The van der Waals surface area contributed by atoms with Gasteiger partial charge in [0.1, 0.15) is 5.75 Å². The molecule has 0 bridgehead atoms. The summed E-state index contributed by atoms with van der Waals surface area (Å²) in [5.74, 6) is 0.523. The van der Waals surface area contributed by atoms with Crippen LogP contribution in [0.25, 0.3) is 0 Å². The Morgan fingerprint density at radius 3 is 2.84 bits per heavy atom. The van der Waals surface area contributed by atoms with Crippen LogP contribution in [-0.2, 0) is 6.54 Å². The van der Waals surface area contributed by atoms with Gasteiger partial charge < -0.3 is 10.1 Å². The van der Waals surface area contributed by atoms with E-state index in [0.29, 0.717) is 18.3 Å². The second kappa shape index (κ2) is 5.36. The van der Waals surface area contributed by atoms with Crippen molar-refractivity contribution in [2.75, 3.05) is 0 Å². The van der Waals surface area contributed by atoms with E-state index >= 15 is 0 Å². The first-order valence-corrected chi connectivity index (χ1v) is 6.41. The summed E-state index contributed by atoms with van der Waals surface area (Å²) in [5.41, 5.74) is 0.942. The molecule has 0 atom stereocenters. The number of pyridine rings is 1. The van der Waals surface area contributed by atoms with Gasteiger partial charge in [-0.1, -0.05) is 12.1 Å². The lowest BCUT2D eigenvalue weighted by Crippen LogP contribution is -2.15. The van der Waals surface area contributed by atoms with Gasteiger partial charge in [0.25, 0.3) is 0 Å². The van der Waals surface area contributed by atoms with Gasteiger partial charge in [-0.05, 0) is 31.0 Å². The molecule has 1 aliphatic rings. The molecule has 98 valence electrons. The summed E-state index contributed by atoms with van der Waals surface area (Å²) < 4.78 is 19.2. The third kappa shape index (κ3) is 3.09. The Balaban J connectivity index is 1.77. The lowest BCUT2D eigenvalue weighted by Gasteiger charge is -2.11. The predicted molar refractivity (Wildman–Crippen MR) is 70.6 cm³/mol. The van der Waals surface area contributed by atoms with Crippen molar-refractivity contribution in [3.05, 3.63) is 54.1 Å². The lowest BCUT2D eigenvalue weighted by molar-refractivity contribution is 0.435. The van der Waals surface area contributed by atoms with Crippen LogP contribution in [0.2, 0.25) is 0 Å². The first-order chi connectivity index (χ1) is 9.33. The smallest absolute Gasteiger partial charge is 0.165 e. The maximum Gasteiger partial charge on any atom is 0.165 e. The molecule has 0 saturated heterocycles. The maximum absolute atomic E-state index is 13.6. The van der Waals surface area contributed by atoms with Gasteiger partial charge in [-0.15, -0.1) is 0 Å². The van der Waals surface area contributed by atoms with Gasteiger partial charge in [0.05, 0.1) is 0 Å². The topological polar surface area (TPSA) is 34.1 Å². The van der Waals surface area contributed by atoms with Crippen LogP contribution in [0, 0.1) is 5.82 Å². The lowest BCUT2D eigenvalue weighted by atomic mass is 10.2. The van der Waals surface area contributed by atoms with E-state index in [0.717, 1.165) is 5.56 Å². The molecule has 2 aromatic rings. The molecule has 3 rings (SSSR count). The first kappa shape index (κ1) is 12.1. The summed E-state index contributed by atoms with van der Waals surface area (Å²) in [7, 11) is 0. The van der Waals surface area contributed by atoms with Gasteiger partial charge in [0.2, 0.25) is 0 Å². The minimum absolute atomic E-state index is 0.237. The second-order valence-electron chi connectivity index (χ2n) is 4.67. The number of benzene rings is 1. The van der Waals surface area contributed by atoms with Gasteiger partial charge in [-0.2, -0.15) is 0 Å². The molecule has 3 nitrogen and oxygen atoms in total. The molecular weight excluding hydrogens is 243 g/mol. The zero-order valence-corrected chi connectivity index (χ0v) is 10.5. The number of hydrogen-bond acceptors (Lipinski definition) is 3. The van der Waals surface area contributed by atoms with Gasteiger partial charge in [0, 0.05) is 30.5 Å². The quantitative estimate of drug-likeness (QED) is 0.893. The zero-order chi connectivity index (χ0) is 13.1. The van der Waals surface area contributed by atoms with Crippen LogP contribution in [0.15, 0.2) is 42.7 Å². The average Bonchev–Trinajstić information content (AvgIpc) is 3.24. The van der Waals surface area contributed by atoms with Crippen LogP contribution in [-0.4, -0.2) is 11.0 Å². The third-order valence-corrected chi connectivity index (χ3v) is 3.07. The molecule has 0 radical (unpaired) electrons. The molecule has 4 heteroatoms. The van der Waals surface area contributed by atoms with Crippen molar-refractivity contribution in [1.82, 2.24) is 10.3 Å². The SMILES string of the molecule is Fc1ccccc1Oc1ccncc1CNC1CC1. The van der Waals surface area contributed by atoms with Gasteiger partial charge in [0.15, 0.2) is 11.6 Å². The maximum atomic E-state index is 13.6. The second-order valence-corrected chi connectivity index (χ2v) is 4.67. The van der Waals surface area contributed by atoms with E-state index in [9.17, 15) is 4.39 Å². The van der Waals surface area contributed by atoms with E-state index in [4.69, 9.17) is 4.74 Å². The number of aromatic nitrogens is 1. The van der Waals surface area contributed by atoms with E-state index in [1.807, 2.05) is 0 Å². The van der Waals surface area contributed by atoms with Crippen molar-refractivity contribution < 1.29 is 9.13 Å². The minimum Gasteiger partial charge on any atom is -0.454 e. The minimum atomic E-state index is -0.361. The molecule has 0 aliphatic heterocycles. The van der Waals surface area contributed by atoms with Crippen molar-refractivity contribution in [3.63, 3.8) is 0 Å². The molecule has 1 fully saturated rings. The van der Waals surface area contributed by atoms with Crippen LogP contribution < -0.4 is 10.1 Å². The summed E-state index contributed by atoms with van der Waals surface area (Å²) in [5, 5.41) is 3.40. The fourth-order valence-corrected chi connectivity index (χ4v) is 1.83. The summed E-state index contributed by atoms with van der Waals surface area (Å²) in [6, 6.07) is 8.77. The largest absolute Gasteiger partial charge is 0.454 e. The van der Waals surface area contributed by atoms with Gasteiger partial charge in [-0.3, -0.25) is 4.98 Å². The van der Waals surface area contributed by atoms with Crippen molar-refractivity contribution in [3.8, 4) is 11.5 Å². The molecule has 1 aliphatic carbocycles. The fourth-order valence-electron chi connectivity index (χ4n) is 1.83. The Labute approximate surface area is 111 Å². The normalized spacial score (nSPS) is 14.4. The highest BCUT2D eigenvalue weighted by molar-refractivity contribution is 5.36. The van der Waals surface area contributed by atoms with Crippen LogP contribution >= 0.6 is 0 Å². The standard InChI is InChI=1S/C15H15FN2O/c16-13-3-1-2-4-15(13)19-14-7-8-17-9-11(14)10-18-12-5-6-12/h1-4,7-9,12,18H,5-6,10H2. The van der Waals surface area contributed by atoms with Crippen LogP contribution in [0.1, 0.15) is 18.4 Å². The number of ether oxygens (including phenoxy) is 1. The monoisotopic (exact) mass is 258 g/mol.